The van der Waals surface area contributed by atoms with Crippen LogP contribution in [-0.4, -0.2) is 37.0 Å². The van der Waals surface area contributed by atoms with E-state index in [0.29, 0.717) is 11.9 Å². The molecule has 1 aromatic carbocycles. The van der Waals surface area contributed by atoms with E-state index in [9.17, 15) is 4.79 Å². The maximum Gasteiger partial charge on any atom is 0.230 e. The van der Waals surface area contributed by atoms with Gasteiger partial charge in [-0.1, -0.05) is 24.3 Å². The van der Waals surface area contributed by atoms with Crippen LogP contribution in [0.25, 0.3) is 0 Å². The maximum atomic E-state index is 12.8. The molecule has 0 spiro atoms. The van der Waals surface area contributed by atoms with Gasteiger partial charge in [-0.2, -0.15) is 0 Å². The number of carbonyl (C=O) groups is 1. The summed E-state index contributed by atoms with van der Waals surface area (Å²) in [5, 5.41) is 3.32. The van der Waals surface area contributed by atoms with Crippen LogP contribution in [0, 0.1) is 0 Å². The molecule has 1 aliphatic heterocycles. The molecule has 1 aliphatic carbocycles. The van der Waals surface area contributed by atoms with Crippen LogP contribution >= 0.6 is 12.4 Å². The SMILES string of the molecule is CNC1CCN(C(=O)C2CCCc3ccccc32)CC1.Cl. The van der Waals surface area contributed by atoms with E-state index in [4.69, 9.17) is 0 Å². The number of nitrogens with one attached hydrogen (secondary N) is 1. The van der Waals surface area contributed by atoms with Gasteiger partial charge in [-0.25, -0.2) is 0 Å². The minimum atomic E-state index is 0. The number of fused-ring (bicyclic) bond motifs is 1. The monoisotopic (exact) mass is 308 g/mol. The van der Waals surface area contributed by atoms with Gasteiger partial charge in [-0.15, -0.1) is 12.4 Å². The van der Waals surface area contributed by atoms with Crippen LogP contribution in [0.5, 0.6) is 0 Å². The quantitative estimate of drug-likeness (QED) is 0.911. The summed E-state index contributed by atoms with van der Waals surface area (Å²) >= 11 is 0. The number of hydrogen-bond acceptors (Lipinski definition) is 2. The van der Waals surface area contributed by atoms with E-state index >= 15 is 0 Å². The zero-order valence-corrected chi connectivity index (χ0v) is 13.5. The molecular formula is C17H25ClN2O. The number of piperidine rings is 1. The van der Waals surface area contributed by atoms with Crippen LogP contribution in [-0.2, 0) is 11.2 Å². The van der Waals surface area contributed by atoms with Crippen LogP contribution in [0.4, 0.5) is 0 Å². The first-order valence-electron chi connectivity index (χ1n) is 7.83. The Morgan fingerprint density at radius 1 is 1.19 bits per heavy atom. The third kappa shape index (κ3) is 3.41. The summed E-state index contributed by atoms with van der Waals surface area (Å²) in [6.07, 6.45) is 5.44. The lowest BCUT2D eigenvalue weighted by atomic mass is 9.82. The van der Waals surface area contributed by atoms with Gasteiger partial charge in [-0.3, -0.25) is 4.79 Å². The highest BCUT2D eigenvalue weighted by atomic mass is 35.5. The van der Waals surface area contributed by atoms with E-state index in [-0.39, 0.29) is 18.3 Å². The van der Waals surface area contributed by atoms with Crippen molar-refractivity contribution in [3.63, 3.8) is 0 Å². The minimum Gasteiger partial charge on any atom is -0.342 e. The summed E-state index contributed by atoms with van der Waals surface area (Å²) in [5.41, 5.74) is 2.65. The number of aryl methyl sites for hydroxylation is 1. The van der Waals surface area contributed by atoms with E-state index < -0.39 is 0 Å². The first kappa shape index (κ1) is 16.3. The third-order valence-corrected chi connectivity index (χ3v) is 4.88. The Labute approximate surface area is 133 Å². The Morgan fingerprint density at radius 2 is 1.90 bits per heavy atom. The van der Waals surface area contributed by atoms with Crippen molar-refractivity contribution in [3.8, 4) is 0 Å². The molecule has 1 saturated heterocycles. The molecule has 0 radical (unpaired) electrons. The Morgan fingerprint density at radius 3 is 2.62 bits per heavy atom. The molecule has 1 fully saturated rings. The fourth-order valence-corrected chi connectivity index (χ4v) is 3.62. The van der Waals surface area contributed by atoms with Crippen LogP contribution in [0.3, 0.4) is 0 Å². The van der Waals surface area contributed by atoms with E-state index in [1.165, 1.54) is 11.1 Å². The average Bonchev–Trinajstić information content (AvgIpc) is 2.54. The number of rotatable bonds is 2. The van der Waals surface area contributed by atoms with Crippen LogP contribution in [0.15, 0.2) is 24.3 Å². The number of carbonyl (C=O) groups excluding carboxylic acids is 1. The number of benzene rings is 1. The lowest BCUT2D eigenvalue weighted by Crippen LogP contribution is -2.45. The van der Waals surface area contributed by atoms with Crippen LogP contribution in [0.1, 0.15) is 42.7 Å². The van der Waals surface area contributed by atoms with Crippen molar-refractivity contribution < 1.29 is 4.79 Å². The zero-order valence-electron chi connectivity index (χ0n) is 12.7. The Balaban J connectivity index is 0.00000161. The van der Waals surface area contributed by atoms with E-state index in [2.05, 4.69) is 34.5 Å². The molecule has 3 nitrogen and oxygen atoms in total. The lowest BCUT2D eigenvalue weighted by Gasteiger charge is -2.35. The van der Waals surface area contributed by atoms with Crippen LogP contribution in [0.2, 0.25) is 0 Å². The molecule has 1 aromatic rings. The van der Waals surface area contributed by atoms with Crippen molar-refractivity contribution in [3.05, 3.63) is 35.4 Å². The smallest absolute Gasteiger partial charge is 0.230 e. The summed E-state index contributed by atoms with van der Waals surface area (Å²) in [7, 11) is 2.01. The van der Waals surface area contributed by atoms with Gasteiger partial charge in [-0.05, 0) is 50.3 Å². The molecule has 1 amide bonds. The second-order valence-corrected chi connectivity index (χ2v) is 6.03. The van der Waals surface area contributed by atoms with E-state index in [1.54, 1.807) is 0 Å². The van der Waals surface area contributed by atoms with Crippen molar-refractivity contribution in [2.45, 2.75) is 44.1 Å². The second kappa shape index (κ2) is 7.28. The standard InChI is InChI=1S/C17H24N2O.ClH/c1-18-14-9-11-19(12-10-14)17(20)16-8-4-6-13-5-2-3-7-15(13)16;/h2-3,5,7,14,16,18H,4,6,8-12H2,1H3;1H. The van der Waals surface area contributed by atoms with Crippen molar-refractivity contribution in [1.82, 2.24) is 10.2 Å². The van der Waals surface area contributed by atoms with Gasteiger partial charge in [0.1, 0.15) is 0 Å². The highest BCUT2D eigenvalue weighted by molar-refractivity contribution is 5.85. The van der Waals surface area contributed by atoms with Gasteiger partial charge in [0.05, 0.1) is 5.92 Å². The first-order chi connectivity index (χ1) is 9.79. The van der Waals surface area contributed by atoms with Gasteiger partial charge in [0.2, 0.25) is 5.91 Å². The normalized spacial score (nSPS) is 22.3. The molecule has 116 valence electrons. The van der Waals surface area contributed by atoms with Crippen molar-refractivity contribution in [2.75, 3.05) is 20.1 Å². The second-order valence-electron chi connectivity index (χ2n) is 6.03. The largest absolute Gasteiger partial charge is 0.342 e. The van der Waals surface area contributed by atoms with Gasteiger partial charge in [0.15, 0.2) is 0 Å². The fourth-order valence-electron chi connectivity index (χ4n) is 3.62. The predicted molar refractivity (Wildman–Crippen MR) is 88.0 cm³/mol. The highest BCUT2D eigenvalue weighted by Gasteiger charge is 2.31. The van der Waals surface area contributed by atoms with Gasteiger partial charge >= 0.3 is 0 Å². The zero-order chi connectivity index (χ0) is 13.9. The molecular weight excluding hydrogens is 284 g/mol. The molecule has 1 heterocycles. The molecule has 21 heavy (non-hydrogen) atoms. The maximum absolute atomic E-state index is 12.8. The Kier molecular flexibility index (Phi) is 5.65. The van der Waals surface area contributed by atoms with Gasteiger partial charge in [0, 0.05) is 19.1 Å². The number of amides is 1. The summed E-state index contributed by atoms with van der Waals surface area (Å²) in [6.45, 7) is 1.81. The Bertz CT molecular complexity index is 483. The summed E-state index contributed by atoms with van der Waals surface area (Å²) in [4.78, 5) is 14.9. The van der Waals surface area contributed by atoms with Gasteiger partial charge < -0.3 is 10.2 Å². The third-order valence-electron chi connectivity index (χ3n) is 4.88. The summed E-state index contributed by atoms with van der Waals surface area (Å²) in [6, 6.07) is 9.07. The Hall–Kier alpha value is -1.06. The number of nitrogens with zero attached hydrogens (tertiary/aromatic N) is 1. The first-order valence-corrected chi connectivity index (χ1v) is 7.83. The molecule has 0 bridgehead atoms. The molecule has 1 N–H and O–H groups in total. The minimum absolute atomic E-state index is 0. The molecule has 0 saturated carbocycles. The van der Waals surface area contributed by atoms with Gasteiger partial charge in [0.25, 0.3) is 0 Å². The molecule has 0 aromatic heterocycles. The summed E-state index contributed by atoms with van der Waals surface area (Å²) in [5.74, 6) is 0.456. The number of hydrogen-bond donors (Lipinski definition) is 1. The van der Waals surface area contributed by atoms with Crippen LogP contribution < -0.4 is 5.32 Å². The number of likely N-dealkylation sites (tertiary alicyclic amines) is 1. The predicted octanol–water partition coefficient (Wildman–Crippen LogP) is 2.74. The molecule has 2 aliphatic rings. The molecule has 1 unspecified atom stereocenters. The topological polar surface area (TPSA) is 32.3 Å². The van der Waals surface area contributed by atoms with Crippen molar-refractivity contribution in [2.24, 2.45) is 0 Å². The number of halogens is 1. The fraction of sp³-hybridized carbons (Fsp3) is 0.588. The highest BCUT2D eigenvalue weighted by Crippen LogP contribution is 2.33. The van der Waals surface area contributed by atoms with E-state index in [1.807, 2.05) is 7.05 Å². The molecule has 4 heteroatoms. The summed E-state index contributed by atoms with van der Waals surface area (Å²) < 4.78 is 0. The van der Waals surface area contributed by atoms with Crippen molar-refractivity contribution >= 4 is 18.3 Å². The lowest BCUT2D eigenvalue weighted by molar-refractivity contribution is -0.134. The van der Waals surface area contributed by atoms with E-state index in [0.717, 1.165) is 45.2 Å². The average molecular weight is 309 g/mol. The molecule has 3 rings (SSSR count). The van der Waals surface area contributed by atoms with Crippen molar-refractivity contribution in [1.29, 1.82) is 0 Å². The molecule has 1 atom stereocenters.